The maximum absolute atomic E-state index is 11.3. The van der Waals surface area contributed by atoms with Gasteiger partial charge in [-0.05, 0) is 0 Å². The first-order chi connectivity index (χ1) is 5.97. The van der Waals surface area contributed by atoms with Crippen molar-refractivity contribution in [3.63, 3.8) is 0 Å². The Bertz CT molecular complexity index is 303. The Labute approximate surface area is 85.9 Å². The Balaban J connectivity index is 2.71. The zero-order valence-electron chi connectivity index (χ0n) is 7.23. The van der Waals surface area contributed by atoms with Crippen molar-refractivity contribution >= 4 is 31.9 Å². The summed E-state index contributed by atoms with van der Waals surface area (Å²) in [6, 6.07) is 0. The monoisotopic (exact) mass is 270 g/mol. The topological polar surface area (TPSA) is 57.7 Å². The minimum Gasteiger partial charge on any atom is -0.343 e. The van der Waals surface area contributed by atoms with E-state index in [1.165, 1.54) is 9.21 Å². The van der Waals surface area contributed by atoms with Gasteiger partial charge in [-0.1, -0.05) is 15.9 Å². The van der Waals surface area contributed by atoms with E-state index in [-0.39, 0.29) is 17.1 Å². The zero-order chi connectivity index (χ0) is 10.1. The molecule has 1 amide bonds. The lowest BCUT2D eigenvalue weighted by molar-refractivity contribution is -0.132. The summed E-state index contributed by atoms with van der Waals surface area (Å²) in [4.78, 5) is 12.7. The molecule has 5 nitrogen and oxygen atoms in total. The Morgan fingerprint density at radius 1 is 1.46 bits per heavy atom. The highest BCUT2D eigenvalue weighted by Gasteiger charge is 2.28. The average Bonchev–Trinajstić information content (AvgIpc) is 2.09. The first kappa shape index (κ1) is 10.9. The van der Waals surface area contributed by atoms with Crippen molar-refractivity contribution in [3.8, 4) is 0 Å². The van der Waals surface area contributed by atoms with E-state index < -0.39 is 10.0 Å². The van der Waals surface area contributed by atoms with Gasteiger partial charge in [0.2, 0.25) is 15.9 Å². The van der Waals surface area contributed by atoms with Crippen LogP contribution in [0.25, 0.3) is 0 Å². The molecule has 1 rings (SSSR count). The molecule has 0 saturated carbocycles. The van der Waals surface area contributed by atoms with E-state index in [2.05, 4.69) is 15.9 Å². The van der Waals surface area contributed by atoms with E-state index in [0.717, 1.165) is 0 Å². The van der Waals surface area contributed by atoms with E-state index in [1.807, 2.05) is 0 Å². The van der Waals surface area contributed by atoms with Gasteiger partial charge in [-0.15, -0.1) is 0 Å². The van der Waals surface area contributed by atoms with E-state index in [4.69, 9.17) is 0 Å². The number of nitrogens with zero attached hydrogens (tertiary/aromatic N) is 2. The molecule has 0 spiro atoms. The number of hydrogen-bond acceptors (Lipinski definition) is 3. The molecule has 0 aromatic rings. The largest absolute Gasteiger partial charge is 0.343 e. The molecule has 0 unspecified atom stereocenters. The van der Waals surface area contributed by atoms with Crippen LogP contribution >= 0.6 is 15.9 Å². The van der Waals surface area contributed by atoms with Gasteiger partial charge < -0.3 is 4.90 Å². The summed E-state index contributed by atoms with van der Waals surface area (Å²) in [7, 11) is -1.61. The van der Waals surface area contributed by atoms with Gasteiger partial charge in [-0.25, -0.2) is 8.42 Å². The van der Waals surface area contributed by atoms with Gasteiger partial charge in [0.05, 0.1) is 6.54 Å². The van der Waals surface area contributed by atoms with Gasteiger partial charge in [0.1, 0.15) is 4.66 Å². The lowest BCUT2D eigenvalue weighted by Gasteiger charge is -2.30. The van der Waals surface area contributed by atoms with Gasteiger partial charge in [0.15, 0.2) is 0 Å². The molecule has 1 heterocycles. The zero-order valence-corrected chi connectivity index (χ0v) is 9.64. The fraction of sp³-hybridized carbons (Fsp3) is 0.833. The Kier molecular flexibility index (Phi) is 3.31. The molecule has 1 saturated heterocycles. The molecule has 0 radical (unpaired) electrons. The number of carbonyl (C=O) groups excluding carboxylic acids is 1. The summed E-state index contributed by atoms with van der Waals surface area (Å²) in [6.07, 6.45) is 0. The Hall–Kier alpha value is -0.140. The van der Waals surface area contributed by atoms with Crippen molar-refractivity contribution in [2.75, 3.05) is 31.3 Å². The summed E-state index contributed by atoms with van der Waals surface area (Å²) >= 11 is 2.89. The molecule has 1 fully saturated rings. The second-order valence-electron chi connectivity index (χ2n) is 2.87. The van der Waals surface area contributed by atoms with Crippen molar-refractivity contribution in [1.29, 1.82) is 0 Å². The van der Waals surface area contributed by atoms with E-state index in [9.17, 15) is 13.2 Å². The average molecular weight is 271 g/mol. The molecule has 0 aromatic heterocycles. The molecule has 1 aliphatic rings. The maximum Gasteiger partial charge on any atom is 0.237 e. The Morgan fingerprint density at radius 3 is 2.54 bits per heavy atom. The molecular formula is C6H11BrN2O3S. The van der Waals surface area contributed by atoms with Crippen LogP contribution in [0, 0.1) is 0 Å². The number of alkyl halides is 1. The van der Waals surface area contributed by atoms with Crippen molar-refractivity contribution in [1.82, 2.24) is 9.21 Å². The van der Waals surface area contributed by atoms with Gasteiger partial charge in [-0.2, -0.15) is 4.31 Å². The summed E-state index contributed by atoms with van der Waals surface area (Å²) < 4.78 is 23.7. The minimum atomic E-state index is -3.28. The van der Waals surface area contributed by atoms with Gasteiger partial charge >= 0.3 is 0 Å². The van der Waals surface area contributed by atoms with Crippen molar-refractivity contribution < 1.29 is 13.2 Å². The van der Waals surface area contributed by atoms with Crippen molar-refractivity contribution in [2.24, 2.45) is 0 Å². The number of piperazine rings is 1. The highest BCUT2D eigenvalue weighted by molar-refractivity contribution is 9.10. The van der Waals surface area contributed by atoms with Crippen LogP contribution in [-0.4, -0.2) is 54.9 Å². The molecule has 1 aliphatic heterocycles. The van der Waals surface area contributed by atoms with Crippen LogP contribution in [0.1, 0.15) is 0 Å². The summed E-state index contributed by atoms with van der Waals surface area (Å²) in [6.45, 7) is 0.811. The number of halogens is 1. The predicted molar refractivity (Wildman–Crippen MR) is 51.9 cm³/mol. The lowest BCUT2D eigenvalue weighted by atomic mass is 10.4. The van der Waals surface area contributed by atoms with Crippen LogP contribution in [0.4, 0.5) is 0 Å². The van der Waals surface area contributed by atoms with Gasteiger partial charge in [-0.3, -0.25) is 4.79 Å². The number of carbonyl (C=O) groups is 1. The van der Waals surface area contributed by atoms with E-state index in [0.29, 0.717) is 13.1 Å². The standard InChI is InChI=1S/C6H11BrN2O3S/c1-8-2-3-9(4-6(8)10)13(11,12)5-7/h2-5H2,1H3. The minimum absolute atomic E-state index is 0.0373. The van der Waals surface area contributed by atoms with Crippen LogP contribution in [0.2, 0.25) is 0 Å². The predicted octanol–water partition coefficient (Wildman–Crippen LogP) is -0.557. The fourth-order valence-corrected chi connectivity index (χ4v) is 2.72. The summed E-state index contributed by atoms with van der Waals surface area (Å²) in [5.41, 5.74) is 0. The molecule has 0 aromatic carbocycles. The van der Waals surface area contributed by atoms with Crippen LogP contribution in [0.3, 0.4) is 0 Å². The number of likely N-dealkylation sites (N-methyl/N-ethyl adjacent to an activating group) is 1. The quantitative estimate of drug-likeness (QED) is 0.633. The van der Waals surface area contributed by atoms with Gasteiger partial charge in [0, 0.05) is 20.1 Å². The third kappa shape index (κ3) is 2.41. The van der Waals surface area contributed by atoms with Crippen LogP contribution < -0.4 is 0 Å². The first-order valence-corrected chi connectivity index (χ1v) is 6.48. The highest BCUT2D eigenvalue weighted by Crippen LogP contribution is 2.09. The highest BCUT2D eigenvalue weighted by atomic mass is 79.9. The van der Waals surface area contributed by atoms with Crippen LogP contribution in [-0.2, 0) is 14.8 Å². The van der Waals surface area contributed by atoms with Crippen molar-refractivity contribution in [2.45, 2.75) is 0 Å². The molecular weight excluding hydrogens is 260 g/mol. The van der Waals surface area contributed by atoms with Crippen molar-refractivity contribution in [3.05, 3.63) is 0 Å². The lowest BCUT2D eigenvalue weighted by Crippen LogP contribution is -2.50. The van der Waals surface area contributed by atoms with Gasteiger partial charge in [0.25, 0.3) is 0 Å². The number of hydrogen-bond donors (Lipinski definition) is 0. The second-order valence-corrected chi connectivity index (χ2v) is 6.14. The second kappa shape index (κ2) is 3.93. The summed E-state index contributed by atoms with van der Waals surface area (Å²) in [5, 5.41) is 0. The molecule has 76 valence electrons. The van der Waals surface area contributed by atoms with Crippen LogP contribution in [0.15, 0.2) is 0 Å². The maximum atomic E-state index is 11.3. The van der Waals surface area contributed by atoms with Crippen LogP contribution in [0.5, 0.6) is 0 Å². The normalized spacial score (nSPS) is 20.8. The molecule has 13 heavy (non-hydrogen) atoms. The number of sulfonamides is 1. The van der Waals surface area contributed by atoms with E-state index >= 15 is 0 Å². The summed E-state index contributed by atoms with van der Waals surface area (Å²) in [5.74, 6) is -0.157. The number of rotatable bonds is 2. The Morgan fingerprint density at radius 2 is 2.08 bits per heavy atom. The van der Waals surface area contributed by atoms with E-state index in [1.54, 1.807) is 7.05 Å². The smallest absolute Gasteiger partial charge is 0.237 e. The molecule has 0 atom stereocenters. The number of amides is 1. The fourth-order valence-electron chi connectivity index (χ4n) is 1.04. The molecule has 7 heteroatoms. The molecule has 0 N–H and O–H groups in total. The SMILES string of the molecule is CN1CCN(S(=O)(=O)CBr)CC1=O. The third-order valence-electron chi connectivity index (χ3n) is 1.95. The third-order valence-corrected chi connectivity index (χ3v) is 5.06. The molecule has 0 aliphatic carbocycles. The first-order valence-electron chi connectivity index (χ1n) is 3.75. The molecule has 0 bridgehead atoms.